The monoisotopic (exact) mass is 394 g/mol. The van der Waals surface area contributed by atoms with E-state index in [0.717, 1.165) is 11.1 Å². The van der Waals surface area contributed by atoms with Crippen molar-refractivity contribution in [3.63, 3.8) is 0 Å². The first-order chi connectivity index (χ1) is 12.1. The largest absolute Gasteiger partial charge is 0.489 e. The second kappa shape index (κ2) is 10.0. The lowest BCUT2D eigenvalue weighted by atomic mass is 10.2. The number of nitrogens with one attached hydrogen (secondary N) is 3. The summed E-state index contributed by atoms with van der Waals surface area (Å²) in [7, 11) is 0. The number of hydrazine groups is 1. The molecule has 0 unspecified atom stereocenters. The highest BCUT2D eigenvalue weighted by molar-refractivity contribution is 7.80. The van der Waals surface area contributed by atoms with Crippen LogP contribution >= 0.6 is 35.4 Å². The molecule has 7 heteroatoms. The Kier molecular flexibility index (Phi) is 7.73. The van der Waals surface area contributed by atoms with Gasteiger partial charge in [0.15, 0.2) is 6.21 Å². The van der Waals surface area contributed by atoms with Crippen molar-refractivity contribution in [3.8, 4) is 5.75 Å². The van der Waals surface area contributed by atoms with Gasteiger partial charge in [0, 0.05) is 27.7 Å². The molecular weight excluding hydrogens is 377 g/mol. The van der Waals surface area contributed by atoms with Crippen LogP contribution in [0.15, 0.2) is 55.1 Å². The molecule has 2 aromatic rings. The minimum absolute atomic E-state index is 0.295. The molecule has 0 aliphatic carbocycles. The van der Waals surface area contributed by atoms with Gasteiger partial charge in [0.1, 0.15) is 12.4 Å². The molecule has 0 heterocycles. The fourth-order valence-corrected chi connectivity index (χ4v) is 2.56. The summed E-state index contributed by atoms with van der Waals surface area (Å²) in [5, 5.41) is 7.52. The predicted octanol–water partition coefficient (Wildman–Crippen LogP) is 2.64. The van der Waals surface area contributed by atoms with Crippen molar-refractivity contribution >= 4 is 46.7 Å². The Morgan fingerprint density at radius 1 is 1.20 bits per heavy atom. The maximum Gasteiger partial charge on any atom is 0.224 e. The fourth-order valence-electron chi connectivity index (χ4n) is 1.91. The average Bonchev–Trinajstić information content (AvgIpc) is 2.60. The molecule has 0 amide bonds. The maximum absolute atomic E-state index is 6.15. The van der Waals surface area contributed by atoms with Gasteiger partial charge in [-0.05, 0) is 42.5 Å². The quantitative estimate of drug-likeness (QED) is 0.292. The van der Waals surface area contributed by atoms with E-state index in [-0.39, 0.29) is 0 Å². The van der Waals surface area contributed by atoms with Gasteiger partial charge < -0.3 is 10.1 Å². The summed E-state index contributed by atoms with van der Waals surface area (Å²) < 4.78 is 5.79. The molecule has 130 valence electrons. The van der Waals surface area contributed by atoms with Crippen LogP contribution in [-0.2, 0) is 6.61 Å². The van der Waals surface area contributed by atoms with E-state index in [4.69, 9.17) is 40.2 Å². The van der Waals surface area contributed by atoms with Gasteiger partial charge in [-0.1, -0.05) is 41.4 Å². The molecule has 0 atom stereocenters. The highest BCUT2D eigenvalue weighted by Crippen LogP contribution is 2.25. The van der Waals surface area contributed by atoms with E-state index in [0.29, 0.717) is 34.1 Å². The Bertz CT molecular complexity index is 760. The summed E-state index contributed by atoms with van der Waals surface area (Å²) in [4.78, 5) is 0. The van der Waals surface area contributed by atoms with Crippen LogP contribution in [0.1, 0.15) is 11.1 Å². The van der Waals surface area contributed by atoms with Crippen molar-refractivity contribution < 1.29 is 9.84 Å². The zero-order chi connectivity index (χ0) is 18.1. The summed E-state index contributed by atoms with van der Waals surface area (Å²) in [6.07, 6.45) is 3.50. The Morgan fingerprint density at radius 3 is 2.64 bits per heavy atom. The number of hydrazone groups is 1. The average molecular weight is 395 g/mol. The fraction of sp³-hybridized carbons (Fsp3) is 0.111. The number of hydrogen-bond donors (Lipinski definition) is 3. The Morgan fingerprint density at radius 2 is 1.92 bits per heavy atom. The molecule has 2 rings (SSSR count). The van der Waals surface area contributed by atoms with Crippen molar-refractivity contribution in [1.82, 2.24) is 10.7 Å². The van der Waals surface area contributed by atoms with Crippen LogP contribution in [0.2, 0.25) is 10.0 Å². The van der Waals surface area contributed by atoms with Crippen LogP contribution in [0.3, 0.4) is 0 Å². The van der Waals surface area contributed by atoms with Gasteiger partial charge in [0.05, 0.1) is 0 Å². The van der Waals surface area contributed by atoms with Gasteiger partial charge in [-0.25, -0.2) is 0 Å². The molecule has 0 spiro atoms. The van der Waals surface area contributed by atoms with Crippen LogP contribution in [0.25, 0.3) is 0 Å². The third-order valence-corrected chi connectivity index (χ3v) is 4.09. The summed E-state index contributed by atoms with van der Waals surface area (Å²) in [5.41, 5.74) is 4.53. The van der Waals surface area contributed by atoms with Gasteiger partial charge in [-0.15, -0.1) is 17.1 Å². The molecule has 4 nitrogen and oxygen atoms in total. The van der Waals surface area contributed by atoms with Crippen molar-refractivity contribution in [3.05, 3.63) is 76.3 Å². The molecule has 0 bridgehead atoms. The third kappa shape index (κ3) is 6.38. The van der Waals surface area contributed by atoms with Crippen molar-refractivity contribution in [1.29, 1.82) is 0 Å². The molecular formula is C18H18Cl2N3OS+. The second-order valence-electron chi connectivity index (χ2n) is 4.97. The lowest BCUT2D eigenvalue weighted by Crippen LogP contribution is -2.82. The first-order valence-corrected chi connectivity index (χ1v) is 8.66. The van der Waals surface area contributed by atoms with E-state index in [1.165, 1.54) is 0 Å². The summed E-state index contributed by atoms with van der Waals surface area (Å²) >= 11 is 17.4. The summed E-state index contributed by atoms with van der Waals surface area (Å²) in [6.45, 7) is 4.51. The van der Waals surface area contributed by atoms with Crippen molar-refractivity contribution in [2.75, 3.05) is 6.54 Å². The minimum Gasteiger partial charge on any atom is -0.489 e. The number of thiocarbonyl (C=S) groups is 1. The minimum atomic E-state index is 0.295. The molecule has 3 N–H and O–H groups in total. The molecule has 0 aliphatic rings. The van der Waals surface area contributed by atoms with E-state index < -0.39 is 0 Å². The third-order valence-electron chi connectivity index (χ3n) is 3.13. The number of halogens is 2. The van der Waals surface area contributed by atoms with Gasteiger partial charge in [0.25, 0.3) is 0 Å². The number of rotatable bonds is 7. The van der Waals surface area contributed by atoms with E-state index >= 15 is 0 Å². The zero-order valence-electron chi connectivity index (χ0n) is 13.4. The lowest BCUT2D eigenvalue weighted by molar-refractivity contribution is -0.500. The molecule has 0 saturated carbocycles. The zero-order valence-corrected chi connectivity index (χ0v) is 15.7. The van der Waals surface area contributed by atoms with Crippen LogP contribution < -0.4 is 20.6 Å². The molecule has 0 radical (unpaired) electrons. The molecule has 0 fully saturated rings. The summed E-state index contributed by atoms with van der Waals surface area (Å²) in [5.74, 6) is 0.707. The van der Waals surface area contributed by atoms with E-state index in [2.05, 4.69) is 22.4 Å². The SMILES string of the molecule is C=CCNC(=S)N[NH+]=Cc1cccc(OCc2c(Cl)cccc2Cl)c1. The topological polar surface area (TPSA) is 47.3 Å². The number of benzene rings is 2. The standard InChI is InChI=1S/C18H17Cl2N3OS/c1-2-9-21-18(25)23-22-11-13-5-3-6-14(10-13)24-12-15-16(19)7-4-8-17(15)20/h2-8,10-11H,1,9,12H2,(H2,21,23,25)/p+1. The van der Waals surface area contributed by atoms with E-state index in [1.807, 2.05) is 24.3 Å². The normalized spacial score (nSPS) is 10.5. The first kappa shape index (κ1) is 19.2. The lowest BCUT2D eigenvalue weighted by Gasteiger charge is -2.09. The van der Waals surface area contributed by atoms with Crippen LogP contribution in [0, 0.1) is 0 Å². The number of ether oxygens (including phenoxy) is 1. The Hall–Kier alpha value is -2.08. The molecule has 2 aromatic carbocycles. The molecule has 0 saturated heterocycles. The predicted molar refractivity (Wildman–Crippen MR) is 107 cm³/mol. The maximum atomic E-state index is 6.15. The van der Waals surface area contributed by atoms with Gasteiger partial charge in [-0.2, -0.15) is 0 Å². The van der Waals surface area contributed by atoms with Gasteiger partial charge >= 0.3 is 0 Å². The van der Waals surface area contributed by atoms with Crippen LogP contribution in [0.5, 0.6) is 5.75 Å². The highest BCUT2D eigenvalue weighted by atomic mass is 35.5. The van der Waals surface area contributed by atoms with Crippen LogP contribution in [0.4, 0.5) is 0 Å². The Balaban J connectivity index is 1.94. The molecule has 25 heavy (non-hydrogen) atoms. The van der Waals surface area contributed by atoms with Crippen LogP contribution in [-0.4, -0.2) is 17.9 Å². The van der Waals surface area contributed by atoms with Crippen molar-refractivity contribution in [2.45, 2.75) is 6.61 Å². The smallest absolute Gasteiger partial charge is 0.224 e. The van der Waals surface area contributed by atoms with Crippen molar-refractivity contribution in [2.24, 2.45) is 0 Å². The van der Waals surface area contributed by atoms with E-state index in [1.54, 1.807) is 30.5 Å². The summed E-state index contributed by atoms with van der Waals surface area (Å²) in [6, 6.07) is 13.0. The second-order valence-corrected chi connectivity index (χ2v) is 6.20. The molecule has 0 aromatic heterocycles. The first-order valence-electron chi connectivity index (χ1n) is 7.49. The Labute approximate surface area is 162 Å². The molecule has 0 aliphatic heterocycles. The number of hydrogen-bond acceptors (Lipinski definition) is 2. The highest BCUT2D eigenvalue weighted by Gasteiger charge is 2.06. The van der Waals surface area contributed by atoms with E-state index in [9.17, 15) is 0 Å². The van der Waals surface area contributed by atoms with Gasteiger partial charge in [0.2, 0.25) is 5.11 Å². The van der Waals surface area contributed by atoms with Gasteiger partial charge in [-0.3, -0.25) is 0 Å².